The van der Waals surface area contributed by atoms with Crippen molar-refractivity contribution in [2.45, 2.75) is 20.3 Å². The number of Topliss-reactive ketones (excluding diaryl/α,β-unsaturated/α-hetero) is 1. The highest BCUT2D eigenvalue weighted by Gasteiger charge is 2.17. The normalized spacial score (nSPS) is 14.6. The van der Waals surface area contributed by atoms with E-state index in [9.17, 15) is 14.4 Å². The number of carbonyl (C=O) groups excluding carboxylic acids is 3. The molecular weight excluding hydrogens is 464 g/mol. The van der Waals surface area contributed by atoms with Crippen LogP contribution < -0.4 is 10.6 Å². The van der Waals surface area contributed by atoms with Gasteiger partial charge in [0.25, 0.3) is 0 Å². The first kappa shape index (κ1) is 28.7. The van der Waals surface area contributed by atoms with E-state index in [0.717, 1.165) is 33.7 Å². The number of ketones is 1. The molecule has 1 aliphatic carbocycles. The number of benzene rings is 2. The van der Waals surface area contributed by atoms with E-state index in [0.29, 0.717) is 12.0 Å². The van der Waals surface area contributed by atoms with Crippen LogP contribution in [0.5, 0.6) is 0 Å². The Kier molecular flexibility index (Phi) is 10.5. The van der Waals surface area contributed by atoms with Crippen LogP contribution in [0.25, 0.3) is 5.57 Å². The van der Waals surface area contributed by atoms with Gasteiger partial charge in [0.1, 0.15) is 0 Å². The Bertz CT molecular complexity index is 1270. The van der Waals surface area contributed by atoms with Gasteiger partial charge in [0.05, 0.1) is 11.4 Å². The summed E-state index contributed by atoms with van der Waals surface area (Å²) in [5.41, 5.74) is 10.7. The Morgan fingerprint density at radius 3 is 2.05 bits per heavy atom. The molecule has 0 fully saturated rings. The first-order valence-corrected chi connectivity index (χ1v) is 11.8. The van der Waals surface area contributed by atoms with E-state index in [1.807, 2.05) is 55.5 Å². The summed E-state index contributed by atoms with van der Waals surface area (Å²) in [5, 5.41) is 0. The zero-order chi connectivity index (χ0) is 27.5. The molecule has 0 saturated carbocycles. The van der Waals surface area contributed by atoms with Crippen LogP contribution in [0.3, 0.4) is 0 Å². The molecule has 0 radical (unpaired) electrons. The van der Waals surface area contributed by atoms with Crippen LogP contribution in [0.1, 0.15) is 36.2 Å². The number of aliphatic imine (C=N–C) groups is 1. The molecule has 1 aliphatic rings. The van der Waals surface area contributed by atoms with Crippen molar-refractivity contribution in [2.75, 3.05) is 26.0 Å². The van der Waals surface area contributed by atoms with Crippen molar-refractivity contribution in [3.63, 3.8) is 0 Å². The van der Waals surface area contributed by atoms with Gasteiger partial charge < -0.3 is 10.6 Å². The molecule has 0 aromatic heterocycles. The molecule has 37 heavy (non-hydrogen) atoms. The first-order chi connectivity index (χ1) is 17.6. The van der Waals surface area contributed by atoms with Crippen molar-refractivity contribution in [2.24, 2.45) is 10.7 Å². The minimum atomic E-state index is -0.379. The molecule has 0 aliphatic heterocycles. The fourth-order valence-corrected chi connectivity index (χ4v) is 3.71. The number of anilines is 1. The number of carbonyl (C=O) groups is 3. The predicted octanol–water partition coefficient (Wildman–Crippen LogP) is 5.42. The van der Waals surface area contributed by atoms with Crippen molar-refractivity contribution in [3.05, 3.63) is 108 Å². The third kappa shape index (κ3) is 7.48. The summed E-state index contributed by atoms with van der Waals surface area (Å²) in [6.45, 7) is 7.29. The lowest BCUT2D eigenvalue weighted by Crippen LogP contribution is -2.35. The lowest BCUT2D eigenvalue weighted by atomic mass is 9.90. The Labute approximate surface area is 219 Å². The quantitative estimate of drug-likeness (QED) is 0.539. The standard InChI is InChI=1S/C23H27N3O2.C7H7NO/c1-7-20(16(3)27)21-14-11-18(15-22(21)24-4)17-9-12-19(13-10-17)26(8-2)23(28)25(5)6;8-7(9)6-4-2-1-3-5-6/h8-15H,2,7H2,1,3-6H3;1-5H,(H2,8,9)/b21-20+,24-22?;. The number of nitrogens with two attached hydrogens (primary N) is 1. The van der Waals surface area contributed by atoms with Crippen molar-refractivity contribution in [1.29, 1.82) is 0 Å². The van der Waals surface area contributed by atoms with Crippen LogP contribution >= 0.6 is 0 Å². The summed E-state index contributed by atoms with van der Waals surface area (Å²) in [4.78, 5) is 41.9. The molecule has 2 aromatic carbocycles. The highest BCUT2D eigenvalue weighted by Crippen LogP contribution is 2.27. The predicted molar refractivity (Wildman–Crippen MR) is 152 cm³/mol. The molecule has 3 amide bonds. The van der Waals surface area contributed by atoms with Gasteiger partial charge in [0, 0.05) is 44.1 Å². The second-order valence-electron chi connectivity index (χ2n) is 8.35. The summed E-state index contributed by atoms with van der Waals surface area (Å²) in [5.74, 6) is -0.310. The first-order valence-electron chi connectivity index (χ1n) is 11.8. The molecule has 0 bridgehead atoms. The minimum absolute atomic E-state index is 0.0691. The second kappa shape index (κ2) is 13.5. The van der Waals surface area contributed by atoms with Crippen LogP contribution in [0.4, 0.5) is 10.5 Å². The van der Waals surface area contributed by atoms with E-state index in [4.69, 9.17) is 5.73 Å². The zero-order valence-electron chi connectivity index (χ0n) is 22.1. The van der Waals surface area contributed by atoms with Gasteiger partial charge in [-0.2, -0.15) is 0 Å². The number of rotatable bonds is 6. The van der Waals surface area contributed by atoms with Crippen LogP contribution in [0.15, 0.2) is 102 Å². The highest BCUT2D eigenvalue weighted by molar-refractivity contribution is 6.20. The van der Waals surface area contributed by atoms with Crippen LogP contribution in [-0.4, -0.2) is 49.5 Å². The number of allylic oxidation sites excluding steroid dienone is 6. The maximum Gasteiger partial charge on any atom is 0.328 e. The summed E-state index contributed by atoms with van der Waals surface area (Å²) in [6, 6.07) is 16.3. The van der Waals surface area contributed by atoms with Gasteiger partial charge in [-0.05, 0) is 54.8 Å². The van der Waals surface area contributed by atoms with Gasteiger partial charge in [0.2, 0.25) is 5.91 Å². The van der Waals surface area contributed by atoms with Crippen LogP contribution in [0, 0.1) is 0 Å². The third-order valence-electron chi connectivity index (χ3n) is 5.65. The molecule has 7 nitrogen and oxygen atoms in total. The van der Waals surface area contributed by atoms with Crippen molar-refractivity contribution >= 4 is 34.7 Å². The SMILES string of the molecule is C=CN(C(=O)N(C)C)c1ccc(C2=CC(=NC)/C(=C(\CC)C(C)=O)C=C2)cc1.NC(=O)c1ccccc1. The summed E-state index contributed by atoms with van der Waals surface area (Å²) in [7, 11) is 5.13. The lowest BCUT2D eigenvalue weighted by molar-refractivity contribution is -0.113. The smallest absolute Gasteiger partial charge is 0.328 e. The zero-order valence-corrected chi connectivity index (χ0v) is 22.1. The fraction of sp³-hybridized carbons (Fsp3) is 0.200. The Balaban J connectivity index is 0.000000449. The number of primary amides is 1. The Morgan fingerprint density at radius 1 is 1.00 bits per heavy atom. The average Bonchev–Trinajstić information content (AvgIpc) is 2.90. The Morgan fingerprint density at radius 2 is 1.62 bits per heavy atom. The molecule has 2 aromatic rings. The van der Waals surface area contributed by atoms with Crippen LogP contribution in [-0.2, 0) is 4.79 Å². The van der Waals surface area contributed by atoms with Gasteiger partial charge in [-0.1, -0.05) is 56.0 Å². The van der Waals surface area contributed by atoms with E-state index < -0.39 is 0 Å². The van der Waals surface area contributed by atoms with Gasteiger partial charge >= 0.3 is 6.03 Å². The number of hydrogen-bond acceptors (Lipinski definition) is 4. The maximum atomic E-state index is 12.2. The lowest BCUT2D eigenvalue weighted by Gasteiger charge is -2.22. The van der Waals surface area contributed by atoms with E-state index >= 15 is 0 Å². The van der Waals surface area contributed by atoms with E-state index in [-0.39, 0.29) is 17.7 Å². The van der Waals surface area contributed by atoms with Gasteiger partial charge in [-0.15, -0.1) is 0 Å². The van der Waals surface area contributed by atoms with Gasteiger partial charge in [-0.3, -0.25) is 19.5 Å². The number of hydrogen-bond donors (Lipinski definition) is 1. The molecule has 0 heterocycles. The summed E-state index contributed by atoms with van der Waals surface area (Å²) in [6.07, 6.45) is 8.11. The molecule has 3 rings (SSSR count). The average molecular weight is 499 g/mol. The maximum absolute atomic E-state index is 12.2. The number of nitrogens with zero attached hydrogens (tertiary/aromatic N) is 3. The molecule has 0 atom stereocenters. The van der Waals surface area contributed by atoms with Gasteiger partial charge in [0.15, 0.2) is 5.78 Å². The summed E-state index contributed by atoms with van der Waals surface area (Å²) >= 11 is 0. The molecule has 192 valence electrons. The largest absolute Gasteiger partial charge is 0.366 e. The molecular formula is C30H34N4O3. The third-order valence-corrected chi connectivity index (χ3v) is 5.65. The van der Waals surface area contributed by atoms with Gasteiger partial charge in [-0.25, -0.2) is 4.79 Å². The molecule has 2 N–H and O–H groups in total. The minimum Gasteiger partial charge on any atom is -0.366 e. The number of amides is 3. The second-order valence-corrected chi connectivity index (χ2v) is 8.35. The molecule has 0 unspecified atom stereocenters. The molecule has 0 saturated heterocycles. The Hall–Kier alpha value is -4.52. The van der Waals surface area contributed by atoms with E-state index in [1.165, 1.54) is 16.0 Å². The highest BCUT2D eigenvalue weighted by atomic mass is 16.2. The van der Waals surface area contributed by atoms with E-state index in [2.05, 4.69) is 11.6 Å². The molecule has 0 spiro atoms. The van der Waals surface area contributed by atoms with Crippen LogP contribution in [0.2, 0.25) is 0 Å². The van der Waals surface area contributed by atoms with Crippen molar-refractivity contribution in [1.82, 2.24) is 4.90 Å². The molecule has 7 heteroatoms. The topological polar surface area (TPSA) is 96.1 Å². The van der Waals surface area contributed by atoms with Crippen molar-refractivity contribution in [3.8, 4) is 0 Å². The van der Waals surface area contributed by atoms with Crippen molar-refractivity contribution < 1.29 is 14.4 Å². The number of urea groups is 1. The van der Waals surface area contributed by atoms with E-state index in [1.54, 1.807) is 52.3 Å². The summed E-state index contributed by atoms with van der Waals surface area (Å²) < 4.78 is 0. The fourth-order valence-electron chi connectivity index (χ4n) is 3.71. The monoisotopic (exact) mass is 498 g/mol.